The molecule has 7 nitrogen and oxygen atoms in total. The van der Waals surface area contributed by atoms with E-state index in [-0.39, 0.29) is 5.75 Å². The van der Waals surface area contributed by atoms with Crippen molar-refractivity contribution < 1.29 is 28.5 Å². The third-order valence-corrected chi connectivity index (χ3v) is 5.13. The number of rotatable bonds is 7. The Morgan fingerprint density at radius 2 is 1.90 bits per heavy atom. The van der Waals surface area contributed by atoms with Crippen LogP contribution in [0.1, 0.15) is 12.5 Å². The summed E-state index contributed by atoms with van der Waals surface area (Å²) >= 11 is 1.31. The largest absolute Gasteiger partial charge is 0.495 e. The summed E-state index contributed by atoms with van der Waals surface area (Å²) < 4.78 is 21.5. The fraction of sp³-hybridized carbons (Fsp3) is 0.333. The molecule has 0 bridgehead atoms. The second-order valence-corrected chi connectivity index (χ2v) is 7.47. The van der Waals surface area contributed by atoms with E-state index in [4.69, 9.17) is 18.9 Å². The van der Waals surface area contributed by atoms with E-state index < -0.39 is 18.0 Å². The van der Waals surface area contributed by atoms with Crippen molar-refractivity contribution in [1.82, 2.24) is 0 Å². The van der Waals surface area contributed by atoms with E-state index in [0.29, 0.717) is 36.1 Å². The first-order chi connectivity index (χ1) is 14.0. The van der Waals surface area contributed by atoms with Gasteiger partial charge in [0.05, 0.1) is 18.6 Å². The second kappa shape index (κ2) is 9.56. The number of thioether (sulfide) groups is 1. The highest BCUT2D eigenvalue weighted by atomic mass is 32.2. The minimum absolute atomic E-state index is 0.0744. The van der Waals surface area contributed by atoms with Crippen LogP contribution in [0.5, 0.6) is 17.2 Å². The SMILES string of the molecule is COc1ccc(C)cc1NC(=O)[C@H](C)OC(=O)CSc1ccc2c(c1)OCCO2. The van der Waals surface area contributed by atoms with Gasteiger partial charge in [-0.1, -0.05) is 6.07 Å². The molecule has 0 fully saturated rings. The first-order valence-corrected chi connectivity index (χ1v) is 10.1. The van der Waals surface area contributed by atoms with Gasteiger partial charge < -0.3 is 24.3 Å². The zero-order chi connectivity index (χ0) is 20.8. The lowest BCUT2D eigenvalue weighted by atomic mass is 10.2. The van der Waals surface area contributed by atoms with Crippen molar-refractivity contribution in [1.29, 1.82) is 0 Å². The van der Waals surface area contributed by atoms with Crippen LogP contribution in [0, 0.1) is 6.92 Å². The molecule has 0 saturated heterocycles. The molecule has 1 atom stereocenters. The molecule has 1 N–H and O–H groups in total. The smallest absolute Gasteiger partial charge is 0.317 e. The average Bonchev–Trinajstić information content (AvgIpc) is 2.72. The van der Waals surface area contributed by atoms with Gasteiger partial charge in [-0.15, -0.1) is 11.8 Å². The number of hydrogen-bond donors (Lipinski definition) is 1. The molecule has 154 valence electrons. The third kappa shape index (κ3) is 5.57. The maximum atomic E-state index is 12.4. The lowest BCUT2D eigenvalue weighted by Gasteiger charge is -2.18. The number of benzene rings is 2. The van der Waals surface area contributed by atoms with Gasteiger partial charge in [-0.3, -0.25) is 9.59 Å². The summed E-state index contributed by atoms with van der Waals surface area (Å²) in [4.78, 5) is 25.4. The molecule has 1 heterocycles. The number of nitrogens with one attached hydrogen (secondary N) is 1. The first-order valence-electron chi connectivity index (χ1n) is 9.13. The van der Waals surface area contributed by atoms with Crippen molar-refractivity contribution >= 4 is 29.3 Å². The number of methoxy groups -OCH3 is 1. The molecule has 8 heteroatoms. The molecule has 29 heavy (non-hydrogen) atoms. The number of fused-ring (bicyclic) bond motifs is 1. The van der Waals surface area contributed by atoms with Crippen molar-refractivity contribution in [3.05, 3.63) is 42.0 Å². The average molecular weight is 417 g/mol. The standard InChI is InChI=1S/C21H23NO6S/c1-13-4-6-17(25-3)16(10-13)22-21(24)14(2)28-20(23)12-29-15-5-7-18-19(11-15)27-9-8-26-18/h4-7,10-11,14H,8-9,12H2,1-3H3,(H,22,24)/t14-/m0/s1. The van der Waals surface area contributed by atoms with Crippen LogP contribution in [0.3, 0.4) is 0 Å². The highest BCUT2D eigenvalue weighted by Gasteiger charge is 2.20. The van der Waals surface area contributed by atoms with Crippen LogP contribution < -0.4 is 19.5 Å². The number of aryl methyl sites for hydroxylation is 1. The Bertz CT molecular complexity index is 901. The van der Waals surface area contributed by atoms with Gasteiger partial charge >= 0.3 is 5.97 Å². The molecule has 0 aliphatic carbocycles. The normalized spacial score (nSPS) is 13.3. The Balaban J connectivity index is 1.51. The molecular formula is C21H23NO6S. The summed E-state index contributed by atoms with van der Waals surface area (Å²) in [6.07, 6.45) is -0.936. The van der Waals surface area contributed by atoms with Crippen molar-refractivity contribution in [2.75, 3.05) is 31.4 Å². The predicted octanol–water partition coefficient (Wildman–Crippen LogP) is 3.44. The number of anilines is 1. The fourth-order valence-corrected chi connectivity index (χ4v) is 3.40. The van der Waals surface area contributed by atoms with Crippen LogP contribution in [0.4, 0.5) is 5.69 Å². The lowest BCUT2D eigenvalue weighted by Crippen LogP contribution is -2.30. The Labute approximate surface area is 173 Å². The van der Waals surface area contributed by atoms with Crippen LogP contribution in [-0.4, -0.2) is 44.1 Å². The Kier molecular flexibility index (Phi) is 6.87. The number of carbonyl (C=O) groups is 2. The van der Waals surface area contributed by atoms with Crippen LogP contribution >= 0.6 is 11.8 Å². The van der Waals surface area contributed by atoms with E-state index in [1.807, 2.05) is 31.2 Å². The fourth-order valence-electron chi connectivity index (χ4n) is 2.69. The van der Waals surface area contributed by atoms with Gasteiger partial charge in [-0.25, -0.2) is 0 Å². The van der Waals surface area contributed by atoms with E-state index in [1.54, 1.807) is 12.1 Å². The number of amides is 1. The van der Waals surface area contributed by atoms with Crippen LogP contribution in [0.15, 0.2) is 41.3 Å². The number of ether oxygens (including phenoxy) is 4. The Morgan fingerprint density at radius 3 is 2.66 bits per heavy atom. The monoisotopic (exact) mass is 417 g/mol. The first kappa shape index (κ1) is 20.9. The highest BCUT2D eigenvalue weighted by molar-refractivity contribution is 8.00. The van der Waals surface area contributed by atoms with Crippen molar-refractivity contribution in [3.8, 4) is 17.2 Å². The molecule has 3 rings (SSSR count). The number of hydrogen-bond acceptors (Lipinski definition) is 7. The van der Waals surface area contributed by atoms with E-state index in [9.17, 15) is 9.59 Å². The van der Waals surface area contributed by atoms with Gasteiger partial charge in [-0.2, -0.15) is 0 Å². The molecule has 0 aromatic heterocycles. The number of carbonyl (C=O) groups excluding carboxylic acids is 2. The van der Waals surface area contributed by atoms with Gasteiger partial charge in [0.15, 0.2) is 17.6 Å². The molecule has 0 spiro atoms. The van der Waals surface area contributed by atoms with E-state index in [2.05, 4.69) is 5.32 Å². The topological polar surface area (TPSA) is 83.1 Å². The summed E-state index contributed by atoms with van der Waals surface area (Å²) in [7, 11) is 1.53. The zero-order valence-electron chi connectivity index (χ0n) is 16.5. The minimum Gasteiger partial charge on any atom is -0.495 e. The lowest BCUT2D eigenvalue weighted by molar-refractivity contribution is -0.150. The molecule has 0 radical (unpaired) electrons. The van der Waals surface area contributed by atoms with E-state index in [1.165, 1.54) is 25.8 Å². The molecule has 1 aliphatic heterocycles. The van der Waals surface area contributed by atoms with Crippen LogP contribution in [0.25, 0.3) is 0 Å². The number of esters is 1. The summed E-state index contributed by atoms with van der Waals surface area (Å²) in [5, 5.41) is 2.74. The summed E-state index contributed by atoms with van der Waals surface area (Å²) in [6.45, 7) is 4.47. The zero-order valence-corrected chi connectivity index (χ0v) is 17.3. The quantitative estimate of drug-likeness (QED) is 0.546. The Hall–Kier alpha value is -2.87. The van der Waals surface area contributed by atoms with Crippen molar-refractivity contribution in [2.45, 2.75) is 24.8 Å². The third-order valence-electron chi connectivity index (χ3n) is 4.16. The molecule has 2 aromatic carbocycles. The molecule has 0 saturated carbocycles. The van der Waals surface area contributed by atoms with Gasteiger partial charge in [0.1, 0.15) is 19.0 Å². The van der Waals surface area contributed by atoms with Gasteiger partial charge in [0.2, 0.25) is 0 Å². The summed E-state index contributed by atoms with van der Waals surface area (Å²) in [5.41, 5.74) is 1.51. The highest BCUT2D eigenvalue weighted by Crippen LogP contribution is 2.34. The Morgan fingerprint density at radius 1 is 1.14 bits per heavy atom. The van der Waals surface area contributed by atoms with Crippen LogP contribution in [0.2, 0.25) is 0 Å². The van der Waals surface area contributed by atoms with Crippen molar-refractivity contribution in [2.24, 2.45) is 0 Å². The molecule has 1 aliphatic rings. The maximum Gasteiger partial charge on any atom is 0.317 e. The minimum atomic E-state index is -0.936. The van der Waals surface area contributed by atoms with E-state index in [0.717, 1.165) is 10.5 Å². The van der Waals surface area contributed by atoms with Gasteiger partial charge in [0.25, 0.3) is 5.91 Å². The van der Waals surface area contributed by atoms with Crippen LogP contribution in [-0.2, 0) is 14.3 Å². The molecule has 0 unspecified atom stereocenters. The maximum absolute atomic E-state index is 12.4. The van der Waals surface area contributed by atoms with Crippen molar-refractivity contribution in [3.63, 3.8) is 0 Å². The predicted molar refractivity (Wildman–Crippen MR) is 110 cm³/mol. The second-order valence-electron chi connectivity index (χ2n) is 6.42. The van der Waals surface area contributed by atoms with Gasteiger partial charge in [0, 0.05) is 4.90 Å². The summed E-state index contributed by atoms with van der Waals surface area (Å²) in [6, 6.07) is 10.9. The summed E-state index contributed by atoms with van der Waals surface area (Å²) in [5.74, 6) is 1.06. The van der Waals surface area contributed by atoms with E-state index >= 15 is 0 Å². The van der Waals surface area contributed by atoms with Gasteiger partial charge in [-0.05, 0) is 49.7 Å². The molecular weight excluding hydrogens is 394 g/mol. The molecule has 1 amide bonds. The molecule has 2 aromatic rings.